The lowest BCUT2D eigenvalue weighted by atomic mass is 9.78. The molecular formula is C26H24N2O2. The molecule has 3 aromatic carbocycles. The molecule has 0 spiro atoms. The Balaban J connectivity index is 1.64. The van der Waals surface area contributed by atoms with Crippen LogP contribution in [0.5, 0.6) is 5.75 Å². The molecule has 0 unspecified atom stereocenters. The summed E-state index contributed by atoms with van der Waals surface area (Å²) in [7, 11) is 1.67. The highest BCUT2D eigenvalue weighted by molar-refractivity contribution is 6.01. The molecule has 0 saturated heterocycles. The van der Waals surface area contributed by atoms with Crippen LogP contribution in [0.3, 0.4) is 0 Å². The minimum atomic E-state index is -0.267. The van der Waals surface area contributed by atoms with E-state index in [1.54, 1.807) is 7.11 Å². The van der Waals surface area contributed by atoms with E-state index in [-0.39, 0.29) is 17.7 Å². The molecule has 3 aromatic rings. The van der Waals surface area contributed by atoms with Gasteiger partial charge in [0.25, 0.3) is 0 Å². The van der Waals surface area contributed by atoms with E-state index in [4.69, 9.17) is 4.74 Å². The van der Waals surface area contributed by atoms with Crippen LogP contribution in [-0.2, 0) is 4.79 Å². The summed E-state index contributed by atoms with van der Waals surface area (Å²) in [5, 5.41) is 7.20. The molecular weight excluding hydrogens is 372 g/mol. The smallest absolute Gasteiger partial charge is 0.163 e. The minimum Gasteiger partial charge on any atom is -0.496 e. The molecule has 0 fully saturated rings. The van der Waals surface area contributed by atoms with E-state index < -0.39 is 0 Å². The van der Waals surface area contributed by atoms with Crippen LogP contribution in [0.15, 0.2) is 90.1 Å². The van der Waals surface area contributed by atoms with Crippen LogP contribution in [0.1, 0.15) is 35.9 Å². The van der Waals surface area contributed by atoms with Crippen LogP contribution in [0.4, 0.5) is 11.4 Å². The third kappa shape index (κ3) is 3.24. The van der Waals surface area contributed by atoms with Gasteiger partial charge >= 0.3 is 0 Å². The number of rotatable bonds is 3. The molecule has 4 nitrogen and oxygen atoms in total. The molecule has 0 amide bonds. The number of ether oxygens (including phenoxy) is 1. The van der Waals surface area contributed by atoms with E-state index >= 15 is 0 Å². The van der Waals surface area contributed by atoms with Crippen molar-refractivity contribution in [2.45, 2.75) is 24.8 Å². The third-order valence-electron chi connectivity index (χ3n) is 6.03. The first kappa shape index (κ1) is 18.5. The van der Waals surface area contributed by atoms with Crippen LogP contribution in [0.25, 0.3) is 0 Å². The quantitative estimate of drug-likeness (QED) is 0.598. The predicted octanol–water partition coefficient (Wildman–Crippen LogP) is 5.67. The molecule has 0 radical (unpaired) electrons. The first-order valence-corrected chi connectivity index (χ1v) is 10.3. The van der Waals surface area contributed by atoms with Gasteiger partial charge < -0.3 is 15.4 Å². The van der Waals surface area contributed by atoms with Crippen molar-refractivity contribution in [3.05, 3.63) is 101 Å². The molecule has 0 aromatic heterocycles. The Kier molecular flexibility index (Phi) is 4.75. The van der Waals surface area contributed by atoms with E-state index in [0.717, 1.165) is 40.4 Å². The number of nitrogens with one attached hydrogen (secondary N) is 2. The fourth-order valence-corrected chi connectivity index (χ4v) is 4.59. The van der Waals surface area contributed by atoms with Crippen molar-refractivity contribution in [3.63, 3.8) is 0 Å². The summed E-state index contributed by atoms with van der Waals surface area (Å²) in [6.07, 6.45) is 1.31. The molecule has 2 N–H and O–H groups in total. The van der Waals surface area contributed by atoms with Gasteiger partial charge in [-0.3, -0.25) is 4.79 Å². The average Bonchev–Trinajstić information content (AvgIpc) is 2.96. The van der Waals surface area contributed by atoms with Crippen LogP contribution in [-0.4, -0.2) is 12.9 Å². The van der Waals surface area contributed by atoms with E-state index in [1.807, 2.05) is 66.7 Å². The van der Waals surface area contributed by atoms with Gasteiger partial charge in [-0.25, -0.2) is 0 Å². The van der Waals surface area contributed by atoms with Gasteiger partial charge in [0, 0.05) is 23.3 Å². The Bertz CT molecular complexity index is 1120. The summed E-state index contributed by atoms with van der Waals surface area (Å²) in [5.41, 5.74) is 5.95. The first-order valence-electron chi connectivity index (χ1n) is 10.3. The average molecular weight is 396 g/mol. The van der Waals surface area contributed by atoms with Gasteiger partial charge in [-0.05, 0) is 36.1 Å². The summed E-state index contributed by atoms with van der Waals surface area (Å²) >= 11 is 0. The number of anilines is 2. The first-order chi connectivity index (χ1) is 14.7. The maximum absolute atomic E-state index is 13.5. The highest BCUT2D eigenvalue weighted by Gasteiger charge is 2.36. The molecule has 1 aliphatic heterocycles. The Morgan fingerprint density at radius 2 is 1.53 bits per heavy atom. The zero-order valence-corrected chi connectivity index (χ0v) is 16.9. The maximum Gasteiger partial charge on any atom is 0.163 e. The van der Waals surface area contributed by atoms with E-state index in [2.05, 4.69) is 22.8 Å². The van der Waals surface area contributed by atoms with Gasteiger partial charge in [-0.15, -0.1) is 0 Å². The number of hydrogen-bond donors (Lipinski definition) is 2. The largest absolute Gasteiger partial charge is 0.496 e. The third-order valence-corrected chi connectivity index (χ3v) is 6.03. The van der Waals surface area contributed by atoms with E-state index in [0.29, 0.717) is 6.42 Å². The Morgan fingerprint density at radius 3 is 2.33 bits per heavy atom. The molecule has 0 bridgehead atoms. The summed E-state index contributed by atoms with van der Waals surface area (Å²) < 4.78 is 5.64. The predicted molar refractivity (Wildman–Crippen MR) is 120 cm³/mol. The summed E-state index contributed by atoms with van der Waals surface area (Å²) in [5.74, 6) is 1.13. The van der Waals surface area contributed by atoms with Crippen molar-refractivity contribution in [1.29, 1.82) is 0 Å². The number of benzene rings is 3. The fourth-order valence-electron chi connectivity index (χ4n) is 4.59. The van der Waals surface area contributed by atoms with Crippen LogP contribution in [0.2, 0.25) is 0 Å². The molecule has 150 valence electrons. The molecule has 5 rings (SSSR count). The van der Waals surface area contributed by atoms with Crippen molar-refractivity contribution >= 4 is 17.2 Å². The standard InChI is InChI=1S/C26H24N2O2/c1-30-24-14-8-5-11-19(24)26-25-22(27-20-12-6-7-13-21(20)28-26)15-18(16-23(25)29)17-9-3-2-4-10-17/h2-14,18,26-28H,15-16H2,1H3/t18-,26-/m0/s1. The minimum absolute atomic E-state index is 0.175. The molecule has 0 saturated carbocycles. The van der Waals surface area contributed by atoms with Crippen molar-refractivity contribution < 1.29 is 9.53 Å². The number of carbonyl (C=O) groups excluding carboxylic acids is 1. The topological polar surface area (TPSA) is 50.4 Å². The van der Waals surface area contributed by atoms with Crippen LogP contribution >= 0.6 is 0 Å². The Morgan fingerprint density at radius 1 is 0.833 bits per heavy atom. The lowest BCUT2D eigenvalue weighted by Gasteiger charge is -2.30. The second-order valence-corrected chi connectivity index (χ2v) is 7.82. The Hall–Kier alpha value is -3.53. The number of methoxy groups -OCH3 is 1. The van der Waals surface area contributed by atoms with Crippen LogP contribution < -0.4 is 15.4 Å². The highest BCUT2D eigenvalue weighted by atomic mass is 16.5. The van der Waals surface area contributed by atoms with Crippen molar-refractivity contribution in [2.24, 2.45) is 0 Å². The van der Waals surface area contributed by atoms with Crippen molar-refractivity contribution in [1.82, 2.24) is 0 Å². The lowest BCUT2D eigenvalue weighted by molar-refractivity contribution is -0.116. The van der Waals surface area contributed by atoms with Gasteiger partial charge in [-0.1, -0.05) is 60.7 Å². The van der Waals surface area contributed by atoms with Gasteiger partial charge in [0.2, 0.25) is 0 Å². The van der Waals surface area contributed by atoms with Gasteiger partial charge in [0.05, 0.1) is 24.5 Å². The number of carbonyl (C=O) groups is 1. The number of fused-ring (bicyclic) bond motifs is 1. The number of para-hydroxylation sites is 3. The van der Waals surface area contributed by atoms with Gasteiger partial charge in [-0.2, -0.15) is 0 Å². The van der Waals surface area contributed by atoms with Gasteiger partial charge in [0.15, 0.2) is 5.78 Å². The van der Waals surface area contributed by atoms with E-state index in [1.165, 1.54) is 5.56 Å². The van der Waals surface area contributed by atoms with Crippen molar-refractivity contribution in [3.8, 4) is 5.75 Å². The zero-order valence-electron chi connectivity index (χ0n) is 16.9. The molecule has 4 heteroatoms. The van der Waals surface area contributed by atoms with Crippen LogP contribution in [0, 0.1) is 0 Å². The molecule has 1 heterocycles. The SMILES string of the molecule is COc1ccccc1[C@@H]1Nc2ccccc2NC2=C1C(=O)C[C@@H](c1ccccc1)C2. The Labute approximate surface area is 176 Å². The zero-order chi connectivity index (χ0) is 20.5. The second kappa shape index (κ2) is 7.71. The summed E-state index contributed by atoms with van der Waals surface area (Å²) in [4.78, 5) is 13.5. The summed E-state index contributed by atoms with van der Waals surface area (Å²) in [6.45, 7) is 0. The highest BCUT2D eigenvalue weighted by Crippen LogP contribution is 2.45. The molecule has 30 heavy (non-hydrogen) atoms. The van der Waals surface area contributed by atoms with Gasteiger partial charge in [0.1, 0.15) is 5.75 Å². The molecule has 1 aliphatic carbocycles. The molecule has 2 aliphatic rings. The fraction of sp³-hybridized carbons (Fsp3) is 0.192. The maximum atomic E-state index is 13.5. The normalized spacial score (nSPS) is 20.4. The summed E-state index contributed by atoms with van der Waals surface area (Å²) in [6, 6.07) is 26.1. The number of ketones is 1. The molecule has 2 atom stereocenters. The number of hydrogen-bond acceptors (Lipinski definition) is 4. The second-order valence-electron chi connectivity index (χ2n) is 7.82. The number of allylic oxidation sites excluding steroid dienone is 1. The lowest BCUT2D eigenvalue weighted by Crippen LogP contribution is -2.27. The monoisotopic (exact) mass is 396 g/mol. The van der Waals surface area contributed by atoms with Crippen molar-refractivity contribution in [2.75, 3.05) is 17.7 Å². The number of Topliss-reactive ketones (excluding diaryl/α,β-unsaturated/α-hetero) is 1. The van der Waals surface area contributed by atoms with E-state index in [9.17, 15) is 4.79 Å².